The maximum absolute atomic E-state index is 4.73. The van der Waals surface area contributed by atoms with E-state index >= 15 is 0 Å². The third-order valence-corrected chi connectivity index (χ3v) is 4.45. The smallest absolute Gasteiger partial charge is 0.0427 e. The molecular formula is C20H26N2. The maximum atomic E-state index is 4.73. The fourth-order valence-electron chi connectivity index (χ4n) is 3.30. The number of aryl methyl sites for hydroxylation is 3. The van der Waals surface area contributed by atoms with Crippen LogP contribution in [-0.4, -0.2) is 18.1 Å². The lowest BCUT2D eigenvalue weighted by Gasteiger charge is -2.29. The second-order valence-electron chi connectivity index (χ2n) is 6.34. The Morgan fingerprint density at radius 2 is 1.73 bits per heavy atom. The third-order valence-electron chi connectivity index (χ3n) is 4.45. The first-order valence-electron chi connectivity index (χ1n) is 8.58. The quantitative estimate of drug-likeness (QED) is 0.804. The van der Waals surface area contributed by atoms with Gasteiger partial charge in [-0.05, 0) is 63.1 Å². The summed E-state index contributed by atoms with van der Waals surface area (Å²) in [7, 11) is 0. The molecule has 22 heavy (non-hydrogen) atoms. The molecule has 2 aromatic rings. The molecule has 1 aromatic heterocycles. The summed E-state index contributed by atoms with van der Waals surface area (Å²) in [5.74, 6) is 0. The van der Waals surface area contributed by atoms with E-state index in [1.807, 2.05) is 0 Å². The van der Waals surface area contributed by atoms with Crippen molar-refractivity contribution in [3.05, 3.63) is 59.4 Å². The van der Waals surface area contributed by atoms with Crippen LogP contribution >= 0.6 is 0 Å². The van der Waals surface area contributed by atoms with Gasteiger partial charge < -0.3 is 4.90 Å². The molecule has 116 valence electrons. The summed E-state index contributed by atoms with van der Waals surface area (Å²) in [4.78, 5) is 7.26. The van der Waals surface area contributed by atoms with Gasteiger partial charge in [-0.25, -0.2) is 0 Å². The van der Waals surface area contributed by atoms with Gasteiger partial charge in [-0.15, -0.1) is 0 Å². The van der Waals surface area contributed by atoms with Crippen LogP contribution in [0.2, 0.25) is 0 Å². The minimum Gasteiger partial charge on any atom is -0.371 e. The summed E-state index contributed by atoms with van der Waals surface area (Å²) < 4.78 is 0. The van der Waals surface area contributed by atoms with Crippen LogP contribution in [0, 0.1) is 6.92 Å². The topological polar surface area (TPSA) is 16.1 Å². The summed E-state index contributed by atoms with van der Waals surface area (Å²) in [6.45, 7) is 4.52. The molecule has 0 amide bonds. The molecule has 0 atom stereocenters. The highest BCUT2D eigenvalue weighted by atomic mass is 15.1. The van der Waals surface area contributed by atoms with Crippen molar-refractivity contribution in [3.63, 3.8) is 0 Å². The normalized spacial score (nSPS) is 15.0. The SMILES string of the molecule is Cc1cc(N2CCCCC2)cc(CCCc2ccccc2)n1. The van der Waals surface area contributed by atoms with Crippen molar-refractivity contribution in [2.45, 2.75) is 45.4 Å². The molecule has 0 saturated carbocycles. The standard InChI is InChI=1S/C20H26N2/c1-17-15-20(22-13-6-3-7-14-22)16-19(21-17)12-8-11-18-9-4-2-5-10-18/h2,4-5,9-10,15-16H,3,6-8,11-14H2,1H3. The molecule has 0 unspecified atom stereocenters. The Kier molecular flexibility index (Phi) is 5.10. The minimum atomic E-state index is 1.07. The van der Waals surface area contributed by atoms with Gasteiger partial charge in [0.2, 0.25) is 0 Å². The maximum Gasteiger partial charge on any atom is 0.0427 e. The molecule has 0 spiro atoms. The van der Waals surface area contributed by atoms with Gasteiger partial charge in [0.25, 0.3) is 0 Å². The molecule has 1 saturated heterocycles. The van der Waals surface area contributed by atoms with E-state index in [4.69, 9.17) is 4.98 Å². The number of benzene rings is 1. The van der Waals surface area contributed by atoms with Crippen molar-refractivity contribution in [1.82, 2.24) is 4.98 Å². The van der Waals surface area contributed by atoms with Gasteiger partial charge in [0.15, 0.2) is 0 Å². The molecule has 2 heterocycles. The van der Waals surface area contributed by atoms with Crippen LogP contribution in [0.15, 0.2) is 42.5 Å². The van der Waals surface area contributed by atoms with Crippen molar-refractivity contribution < 1.29 is 0 Å². The number of nitrogens with zero attached hydrogens (tertiary/aromatic N) is 2. The summed E-state index contributed by atoms with van der Waals surface area (Å²) in [6, 6.07) is 15.3. The van der Waals surface area contributed by atoms with E-state index in [-0.39, 0.29) is 0 Å². The van der Waals surface area contributed by atoms with Crippen molar-refractivity contribution in [3.8, 4) is 0 Å². The van der Waals surface area contributed by atoms with Gasteiger partial charge in [-0.2, -0.15) is 0 Å². The fraction of sp³-hybridized carbons (Fsp3) is 0.450. The Bertz CT molecular complexity index is 586. The monoisotopic (exact) mass is 294 g/mol. The van der Waals surface area contributed by atoms with Crippen molar-refractivity contribution in [2.75, 3.05) is 18.0 Å². The zero-order chi connectivity index (χ0) is 15.2. The molecule has 1 aliphatic heterocycles. The molecule has 1 fully saturated rings. The van der Waals surface area contributed by atoms with Crippen LogP contribution in [0.1, 0.15) is 42.6 Å². The number of piperidine rings is 1. The number of aromatic nitrogens is 1. The number of hydrogen-bond acceptors (Lipinski definition) is 2. The molecule has 2 heteroatoms. The Hall–Kier alpha value is -1.83. The highest BCUT2D eigenvalue weighted by molar-refractivity contribution is 5.48. The highest BCUT2D eigenvalue weighted by Gasteiger charge is 2.12. The molecule has 3 rings (SSSR count). The van der Waals surface area contributed by atoms with Crippen molar-refractivity contribution in [1.29, 1.82) is 0 Å². The second kappa shape index (κ2) is 7.44. The van der Waals surface area contributed by atoms with E-state index < -0.39 is 0 Å². The summed E-state index contributed by atoms with van der Waals surface area (Å²) in [5, 5.41) is 0. The van der Waals surface area contributed by atoms with E-state index in [2.05, 4.69) is 54.3 Å². The molecule has 0 N–H and O–H groups in total. The van der Waals surface area contributed by atoms with Gasteiger partial charge in [0.05, 0.1) is 0 Å². The predicted molar refractivity (Wildman–Crippen MR) is 93.5 cm³/mol. The van der Waals surface area contributed by atoms with Crippen LogP contribution in [0.3, 0.4) is 0 Å². The van der Waals surface area contributed by atoms with E-state index in [1.54, 1.807) is 0 Å². The van der Waals surface area contributed by atoms with Crippen molar-refractivity contribution >= 4 is 5.69 Å². The summed E-state index contributed by atoms with van der Waals surface area (Å²) >= 11 is 0. The Balaban J connectivity index is 1.62. The summed E-state index contributed by atoms with van der Waals surface area (Å²) in [6.07, 6.45) is 7.40. The van der Waals surface area contributed by atoms with E-state index in [0.29, 0.717) is 0 Å². The van der Waals surface area contributed by atoms with E-state index in [9.17, 15) is 0 Å². The van der Waals surface area contributed by atoms with Crippen LogP contribution in [0.25, 0.3) is 0 Å². The lowest BCUT2D eigenvalue weighted by Crippen LogP contribution is -2.29. The van der Waals surface area contributed by atoms with E-state index in [0.717, 1.165) is 18.5 Å². The Labute approximate surface area is 134 Å². The number of hydrogen-bond donors (Lipinski definition) is 0. The first-order chi connectivity index (χ1) is 10.8. The zero-order valence-corrected chi connectivity index (χ0v) is 13.6. The van der Waals surface area contributed by atoms with Crippen molar-refractivity contribution in [2.24, 2.45) is 0 Å². The average Bonchev–Trinajstić information content (AvgIpc) is 2.56. The molecular weight excluding hydrogens is 268 g/mol. The first-order valence-corrected chi connectivity index (χ1v) is 8.58. The molecule has 1 aliphatic rings. The predicted octanol–water partition coefficient (Wildman–Crippen LogP) is 4.56. The van der Waals surface area contributed by atoms with Crippen LogP contribution in [0.4, 0.5) is 5.69 Å². The largest absolute Gasteiger partial charge is 0.371 e. The lowest BCUT2D eigenvalue weighted by atomic mass is 10.1. The third kappa shape index (κ3) is 4.09. The zero-order valence-electron chi connectivity index (χ0n) is 13.6. The van der Waals surface area contributed by atoms with E-state index in [1.165, 1.54) is 55.7 Å². The first kappa shape index (κ1) is 15.1. The highest BCUT2D eigenvalue weighted by Crippen LogP contribution is 2.22. The Morgan fingerprint density at radius 1 is 0.955 bits per heavy atom. The van der Waals surface area contributed by atoms with Gasteiger partial charge in [-0.1, -0.05) is 30.3 Å². The van der Waals surface area contributed by atoms with Crippen LogP contribution in [-0.2, 0) is 12.8 Å². The Morgan fingerprint density at radius 3 is 2.50 bits per heavy atom. The van der Waals surface area contributed by atoms with Crippen LogP contribution in [0.5, 0.6) is 0 Å². The van der Waals surface area contributed by atoms with Crippen LogP contribution < -0.4 is 4.90 Å². The minimum absolute atomic E-state index is 1.07. The lowest BCUT2D eigenvalue weighted by molar-refractivity contribution is 0.577. The number of rotatable bonds is 5. The average molecular weight is 294 g/mol. The molecule has 0 bridgehead atoms. The fourth-order valence-corrected chi connectivity index (χ4v) is 3.30. The van der Waals surface area contributed by atoms with Gasteiger partial charge in [-0.3, -0.25) is 4.98 Å². The molecule has 1 aromatic carbocycles. The molecule has 0 radical (unpaired) electrons. The summed E-state index contributed by atoms with van der Waals surface area (Å²) in [5.41, 5.74) is 5.20. The number of anilines is 1. The number of pyridine rings is 1. The van der Waals surface area contributed by atoms with Gasteiger partial charge in [0, 0.05) is 30.2 Å². The van der Waals surface area contributed by atoms with Gasteiger partial charge >= 0.3 is 0 Å². The van der Waals surface area contributed by atoms with Gasteiger partial charge in [0.1, 0.15) is 0 Å². The second-order valence-corrected chi connectivity index (χ2v) is 6.34. The molecule has 2 nitrogen and oxygen atoms in total. The molecule has 0 aliphatic carbocycles.